The number of fused-ring (bicyclic) bond motifs is 1. The number of rotatable bonds is 1. The van der Waals surface area contributed by atoms with E-state index in [1.165, 1.54) is 16.9 Å². The summed E-state index contributed by atoms with van der Waals surface area (Å²) in [7, 11) is -1.73. The number of nitrogens with zero attached hydrogens (tertiary/aromatic N) is 2. The van der Waals surface area contributed by atoms with Crippen LogP contribution >= 0.6 is 0 Å². The van der Waals surface area contributed by atoms with E-state index in [2.05, 4.69) is 61.3 Å². The Morgan fingerprint density at radius 2 is 1.58 bits per heavy atom. The SMILES string of the molecule is CC(C)c1n(C)c2ccccc2[n+]1C.F[B-](F)(F)F. The lowest BCUT2D eigenvalue weighted by Crippen LogP contribution is -2.33. The number of para-hydroxylation sites is 2. The highest BCUT2D eigenvalue weighted by atomic mass is 19.5. The quantitative estimate of drug-likeness (QED) is 0.428. The van der Waals surface area contributed by atoms with Gasteiger partial charge in [0.1, 0.15) is 0 Å². The van der Waals surface area contributed by atoms with Crippen molar-refractivity contribution in [1.82, 2.24) is 4.57 Å². The van der Waals surface area contributed by atoms with Crippen LogP contribution in [-0.2, 0) is 14.1 Å². The second-order valence-electron chi connectivity index (χ2n) is 4.61. The van der Waals surface area contributed by atoms with Crippen molar-refractivity contribution in [2.75, 3.05) is 0 Å². The summed E-state index contributed by atoms with van der Waals surface area (Å²) in [5.74, 6) is 1.92. The number of benzene rings is 1. The highest BCUT2D eigenvalue weighted by Crippen LogP contribution is 2.17. The van der Waals surface area contributed by atoms with E-state index in [4.69, 9.17) is 0 Å². The molecule has 0 bridgehead atoms. The predicted molar refractivity (Wildman–Crippen MR) is 68.4 cm³/mol. The van der Waals surface area contributed by atoms with Crippen LogP contribution in [0.4, 0.5) is 17.3 Å². The maximum absolute atomic E-state index is 9.75. The van der Waals surface area contributed by atoms with E-state index in [-0.39, 0.29) is 0 Å². The van der Waals surface area contributed by atoms with Crippen LogP contribution in [0.25, 0.3) is 11.0 Å². The molecule has 1 aromatic carbocycles. The van der Waals surface area contributed by atoms with Crippen molar-refractivity contribution in [3.63, 3.8) is 0 Å². The summed E-state index contributed by atoms with van der Waals surface area (Å²) in [6.45, 7) is 4.46. The number of imidazole rings is 1. The van der Waals surface area contributed by atoms with Crippen LogP contribution in [-0.4, -0.2) is 11.8 Å². The molecule has 0 radical (unpaired) electrons. The molecule has 106 valence electrons. The first-order valence-electron chi connectivity index (χ1n) is 5.93. The molecule has 19 heavy (non-hydrogen) atoms. The molecule has 0 unspecified atom stereocenters. The van der Waals surface area contributed by atoms with Gasteiger partial charge in [0.25, 0.3) is 5.82 Å². The van der Waals surface area contributed by atoms with E-state index >= 15 is 0 Å². The summed E-state index contributed by atoms with van der Waals surface area (Å²) in [6, 6.07) is 8.52. The second kappa shape index (κ2) is 5.63. The van der Waals surface area contributed by atoms with Crippen molar-refractivity contribution in [3.05, 3.63) is 30.1 Å². The van der Waals surface area contributed by atoms with Gasteiger partial charge in [-0.25, -0.2) is 9.13 Å². The average molecular weight is 276 g/mol. The van der Waals surface area contributed by atoms with Crippen LogP contribution in [0, 0.1) is 0 Å². The minimum Gasteiger partial charge on any atom is -0.418 e. The van der Waals surface area contributed by atoms with Crippen molar-refractivity contribution in [3.8, 4) is 0 Å². The van der Waals surface area contributed by atoms with Gasteiger partial charge in [-0.1, -0.05) is 26.0 Å². The normalized spacial score (nSPS) is 11.6. The van der Waals surface area contributed by atoms with Gasteiger partial charge in [-0.05, 0) is 12.1 Å². The maximum atomic E-state index is 9.75. The van der Waals surface area contributed by atoms with Crippen LogP contribution in [0.5, 0.6) is 0 Å². The van der Waals surface area contributed by atoms with Crippen molar-refractivity contribution >= 4 is 18.3 Å². The van der Waals surface area contributed by atoms with Gasteiger partial charge in [0.2, 0.25) is 0 Å². The molecule has 0 spiro atoms. The van der Waals surface area contributed by atoms with E-state index in [1.54, 1.807) is 0 Å². The summed E-state index contributed by atoms with van der Waals surface area (Å²) in [6.07, 6.45) is 0. The first-order valence-corrected chi connectivity index (χ1v) is 5.93. The largest absolute Gasteiger partial charge is 0.673 e. The zero-order valence-electron chi connectivity index (χ0n) is 11.4. The molecule has 7 heteroatoms. The third kappa shape index (κ3) is 3.97. The summed E-state index contributed by atoms with van der Waals surface area (Å²) in [5, 5.41) is 0. The minimum absolute atomic E-state index is 0.553. The van der Waals surface area contributed by atoms with Gasteiger partial charge in [0.15, 0.2) is 11.0 Å². The molecule has 2 aromatic rings. The number of hydrogen-bond donors (Lipinski definition) is 0. The van der Waals surface area contributed by atoms with Crippen LogP contribution < -0.4 is 4.57 Å². The third-order valence-corrected chi connectivity index (χ3v) is 2.81. The molecule has 0 saturated heterocycles. The van der Waals surface area contributed by atoms with E-state index in [0.29, 0.717) is 5.92 Å². The molecule has 0 amide bonds. The number of halogens is 4. The Bertz CT molecular complexity index is 516. The summed E-state index contributed by atoms with van der Waals surface area (Å²) >= 11 is 0. The molecule has 0 aliphatic rings. The first-order chi connectivity index (χ1) is 8.63. The molecule has 1 heterocycles. The second-order valence-corrected chi connectivity index (χ2v) is 4.61. The standard InChI is InChI=1S/C12H17N2.BF4/c1-9(2)12-13(3)10-7-5-6-8-11(10)14(12)4;2-1(3,4)5/h5-9H,1-4H3;/q+1;-1. The zero-order chi connectivity index (χ0) is 14.8. The zero-order valence-corrected chi connectivity index (χ0v) is 11.4. The Hall–Kier alpha value is -1.53. The lowest BCUT2D eigenvalue weighted by Gasteiger charge is -2.00. The molecule has 2 rings (SSSR count). The maximum Gasteiger partial charge on any atom is 0.673 e. The fourth-order valence-corrected chi connectivity index (χ4v) is 2.28. The van der Waals surface area contributed by atoms with Gasteiger partial charge >= 0.3 is 7.25 Å². The number of hydrogen-bond acceptors (Lipinski definition) is 0. The van der Waals surface area contributed by atoms with Gasteiger partial charge in [-0.3, -0.25) is 0 Å². The summed E-state index contributed by atoms with van der Waals surface area (Å²) in [4.78, 5) is 0. The molecule has 0 aliphatic carbocycles. The summed E-state index contributed by atoms with van der Waals surface area (Å²) in [5.41, 5.74) is 2.61. The first kappa shape index (κ1) is 15.5. The molecular weight excluding hydrogens is 259 g/mol. The number of aryl methyl sites for hydroxylation is 2. The topological polar surface area (TPSA) is 8.81 Å². The minimum atomic E-state index is -6.00. The average Bonchev–Trinajstić information content (AvgIpc) is 2.50. The monoisotopic (exact) mass is 276 g/mol. The molecule has 0 atom stereocenters. The summed E-state index contributed by atoms with van der Waals surface area (Å²) < 4.78 is 43.6. The van der Waals surface area contributed by atoms with Crippen LogP contribution in [0.15, 0.2) is 24.3 Å². The van der Waals surface area contributed by atoms with Crippen molar-refractivity contribution in [1.29, 1.82) is 0 Å². The molecule has 0 fully saturated rings. The molecule has 0 N–H and O–H groups in total. The molecule has 0 saturated carbocycles. The van der Waals surface area contributed by atoms with Crippen LogP contribution in [0.2, 0.25) is 0 Å². The lowest BCUT2D eigenvalue weighted by atomic mass is 10.2. The highest BCUT2D eigenvalue weighted by molar-refractivity contribution is 6.50. The van der Waals surface area contributed by atoms with Crippen molar-refractivity contribution in [2.24, 2.45) is 14.1 Å². The molecular formula is C12H17BF4N2. The smallest absolute Gasteiger partial charge is 0.418 e. The van der Waals surface area contributed by atoms with E-state index < -0.39 is 7.25 Å². The van der Waals surface area contributed by atoms with Crippen molar-refractivity contribution < 1.29 is 21.8 Å². The molecule has 0 aliphatic heterocycles. The Morgan fingerprint density at radius 3 is 2.00 bits per heavy atom. The van der Waals surface area contributed by atoms with Crippen molar-refractivity contribution in [2.45, 2.75) is 19.8 Å². The third-order valence-electron chi connectivity index (χ3n) is 2.81. The van der Waals surface area contributed by atoms with Crippen LogP contribution in [0.3, 0.4) is 0 Å². The fourth-order valence-electron chi connectivity index (χ4n) is 2.28. The Kier molecular flexibility index (Phi) is 4.60. The molecule has 1 aromatic heterocycles. The van der Waals surface area contributed by atoms with E-state index in [9.17, 15) is 17.3 Å². The Morgan fingerprint density at radius 1 is 1.11 bits per heavy atom. The van der Waals surface area contributed by atoms with E-state index in [1.807, 2.05) is 0 Å². The van der Waals surface area contributed by atoms with Crippen LogP contribution in [0.1, 0.15) is 25.6 Å². The fraction of sp³-hybridized carbons (Fsp3) is 0.417. The number of aromatic nitrogens is 2. The lowest BCUT2D eigenvalue weighted by molar-refractivity contribution is -0.655. The Labute approximate surface area is 109 Å². The van der Waals surface area contributed by atoms with Gasteiger partial charge in [0.05, 0.1) is 20.0 Å². The van der Waals surface area contributed by atoms with E-state index in [0.717, 1.165) is 0 Å². The van der Waals surface area contributed by atoms with Gasteiger partial charge in [-0.15, -0.1) is 0 Å². The highest BCUT2D eigenvalue weighted by Gasteiger charge is 2.21. The van der Waals surface area contributed by atoms with Gasteiger partial charge in [0, 0.05) is 0 Å². The molecule has 2 nitrogen and oxygen atoms in total. The predicted octanol–water partition coefficient (Wildman–Crippen LogP) is 3.43. The Balaban J connectivity index is 0.000000312. The van der Waals surface area contributed by atoms with Gasteiger partial charge in [-0.2, -0.15) is 0 Å². The van der Waals surface area contributed by atoms with Gasteiger partial charge < -0.3 is 17.3 Å².